The Hall–Kier alpha value is -0.770. The van der Waals surface area contributed by atoms with Gasteiger partial charge < -0.3 is 15.1 Å². The second kappa shape index (κ2) is 6.41. The lowest BCUT2D eigenvalue weighted by Crippen LogP contribution is -2.36. The van der Waals surface area contributed by atoms with Crippen LogP contribution in [0.3, 0.4) is 0 Å². The average molecular weight is 270 g/mol. The van der Waals surface area contributed by atoms with Gasteiger partial charge in [0.2, 0.25) is 0 Å². The Bertz CT molecular complexity index is 395. The van der Waals surface area contributed by atoms with Crippen molar-refractivity contribution in [3.05, 3.63) is 28.8 Å². The number of benzene rings is 1. The second-order valence-electron chi connectivity index (χ2n) is 4.90. The SMILES string of the molecule is OCCC1CCCN(c2ccc(Cl)cc2CO)C1. The third-order valence-corrected chi connectivity index (χ3v) is 3.84. The third kappa shape index (κ3) is 3.16. The highest BCUT2D eigenvalue weighted by molar-refractivity contribution is 6.30. The molecule has 18 heavy (non-hydrogen) atoms. The van der Waals surface area contributed by atoms with Gasteiger partial charge in [-0.2, -0.15) is 0 Å². The quantitative estimate of drug-likeness (QED) is 0.882. The van der Waals surface area contributed by atoms with E-state index < -0.39 is 0 Å². The maximum absolute atomic E-state index is 9.42. The Kier molecular flexibility index (Phi) is 4.87. The molecule has 0 radical (unpaired) electrons. The minimum absolute atomic E-state index is 0.0110. The molecule has 1 aliphatic rings. The van der Waals surface area contributed by atoms with Crippen LogP contribution in [-0.4, -0.2) is 29.9 Å². The first-order chi connectivity index (χ1) is 8.74. The fourth-order valence-electron chi connectivity index (χ4n) is 2.69. The van der Waals surface area contributed by atoms with Crippen molar-refractivity contribution in [1.82, 2.24) is 0 Å². The molecule has 2 rings (SSSR count). The fraction of sp³-hybridized carbons (Fsp3) is 0.571. The average Bonchev–Trinajstić information content (AvgIpc) is 2.39. The lowest BCUT2D eigenvalue weighted by Gasteiger charge is -2.35. The molecule has 1 atom stereocenters. The minimum Gasteiger partial charge on any atom is -0.396 e. The van der Waals surface area contributed by atoms with Crippen LogP contribution in [0.1, 0.15) is 24.8 Å². The zero-order chi connectivity index (χ0) is 13.0. The molecule has 1 aliphatic heterocycles. The Morgan fingerprint density at radius 1 is 1.33 bits per heavy atom. The lowest BCUT2D eigenvalue weighted by atomic mass is 9.94. The van der Waals surface area contributed by atoms with Crippen molar-refractivity contribution < 1.29 is 10.2 Å². The molecule has 0 bridgehead atoms. The third-order valence-electron chi connectivity index (χ3n) is 3.61. The van der Waals surface area contributed by atoms with Crippen molar-refractivity contribution in [3.8, 4) is 0 Å². The van der Waals surface area contributed by atoms with Gasteiger partial charge in [-0.05, 0) is 43.4 Å². The summed E-state index contributed by atoms with van der Waals surface area (Å²) in [5, 5.41) is 19.1. The van der Waals surface area contributed by atoms with Gasteiger partial charge in [-0.1, -0.05) is 11.6 Å². The van der Waals surface area contributed by atoms with Crippen molar-refractivity contribution in [1.29, 1.82) is 0 Å². The van der Waals surface area contributed by atoms with Crippen molar-refractivity contribution >= 4 is 17.3 Å². The van der Waals surface area contributed by atoms with E-state index in [1.165, 1.54) is 6.42 Å². The summed E-state index contributed by atoms with van der Waals surface area (Å²) in [6, 6.07) is 5.67. The first-order valence-corrected chi connectivity index (χ1v) is 6.87. The lowest BCUT2D eigenvalue weighted by molar-refractivity contribution is 0.243. The molecule has 1 saturated heterocycles. The minimum atomic E-state index is 0.0110. The summed E-state index contributed by atoms with van der Waals surface area (Å²) in [6.45, 7) is 2.23. The van der Waals surface area contributed by atoms with Gasteiger partial charge >= 0.3 is 0 Å². The molecule has 0 amide bonds. The zero-order valence-corrected chi connectivity index (χ0v) is 11.2. The summed E-state index contributed by atoms with van der Waals surface area (Å²) >= 11 is 5.95. The fourth-order valence-corrected chi connectivity index (χ4v) is 2.89. The van der Waals surface area contributed by atoms with Crippen LogP contribution in [0, 0.1) is 5.92 Å². The van der Waals surface area contributed by atoms with Crippen molar-refractivity contribution in [2.75, 3.05) is 24.6 Å². The van der Waals surface area contributed by atoms with Crippen LogP contribution in [-0.2, 0) is 6.61 Å². The molecular formula is C14H20ClNO2. The maximum atomic E-state index is 9.42. The summed E-state index contributed by atoms with van der Waals surface area (Å²) in [4.78, 5) is 2.30. The number of aliphatic hydroxyl groups is 2. The number of hydrogen-bond acceptors (Lipinski definition) is 3. The molecule has 3 nitrogen and oxygen atoms in total. The van der Waals surface area contributed by atoms with Crippen LogP contribution in [0.2, 0.25) is 5.02 Å². The smallest absolute Gasteiger partial charge is 0.0702 e. The van der Waals surface area contributed by atoms with E-state index in [9.17, 15) is 5.11 Å². The van der Waals surface area contributed by atoms with Gasteiger partial charge in [0, 0.05) is 36.0 Å². The van der Waals surface area contributed by atoms with E-state index in [1.54, 1.807) is 0 Å². The van der Waals surface area contributed by atoms with E-state index in [0.717, 1.165) is 37.2 Å². The predicted molar refractivity (Wildman–Crippen MR) is 74.0 cm³/mol. The Morgan fingerprint density at radius 3 is 2.89 bits per heavy atom. The first-order valence-electron chi connectivity index (χ1n) is 6.49. The maximum Gasteiger partial charge on any atom is 0.0702 e. The molecule has 100 valence electrons. The van der Waals surface area contributed by atoms with Gasteiger partial charge in [-0.15, -0.1) is 0 Å². The Morgan fingerprint density at radius 2 is 2.17 bits per heavy atom. The molecule has 0 saturated carbocycles. The molecule has 4 heteroatoms. The zero-order valence-electron chi connectivity index (χ0n) is 10.5. The number of nitrogens with zero attached hydrogens (tertiary/aromatic N) is 1. The highest BCUT2D eigenvalue weighted by Gasteiger charge is 2.21. The molecular weight excluding hydrogens is 250 g/mol. The molecule has 0 aromatic heterocycles. The van der Waals surface area contributed by atoms with Crippen LogP contribution in [0.4, 0.5) is 5.69 Å². The standard InChI is InChI=1S/C14H20ClNO2/c15-13-3-4-14(12(8-13)10-18)16-6-1-2-11(9-16)5-7-17/h3-4,8,11,17-18H,1-2,5-7,9-10H2. The summed E-state index contributed by atoms with van der Waals surface area (Å²) < 4.78 is 0. The van der Waals surface area contributed by atoms with E-state index in [1.807, 2.05) is 18.2 Å². The molecule has 2 N–H and O–H groups in total. The molecule has 0 spiro atoms. The van der Waals surface area contributed by atoms with Crippen molar-refractivity contribution in [3.63, 3.8) is 0 Å². The molecule has 1 aromatic carbocycles. The van der Waals surface area contributed by atoms with Gasteiger partial charge in [0.05, 0.1) is 6.61 Å². The number of halogens is 1. The van der Waals surface area contributed by atoms with Crippen LogP contribution in [0.5, 0.6) is 0 Å². The number of rotatable bonds is 4. The molecule has 1 aromatic rings. The van der Waals surface area contributed by atoms with Crippen LogP contribution < -0.4 is 4.90 Å². The van der Waals surface area contributed by atoms with Gasteiger partial charge in [0.1, 0.15) is 0 Å². The van der Waals surface area contributed by atoms with Crippen LogP contribution in [0.25, 0.3) is 0 Å². The number of aliphatic hydroxyl groups excluding tert-OH is 2. The number of hydrogen-bond donors (Lipinski definition) is 2. The van der Waals surface area contributed by atoms with Gasteiger partial charge in [0.15, 0.2) is 0 Å². The van der Waals surface area contributed by atoms with E-state index in [2.05, 4.69) is 4.90 Å². The highest BCUT2D eigenvalue weighted by Crippen LogP contribution is 2.29. The number of anilines is 1. The molecule has 1 fully saturated rings. The predicted octanol–water partition coefficient (Wildman–Crippen LogP) is 2.43. The van der Waals surface area contributed by atoms with E-state index >= 15 is 0 Å². The van der Waals surface area contributed by atoms with E-state index in [0.29, 0.717) is 10.9 Å². The normalized spacial score (nSPS) is 20.2. The highest BCUT2D eigenvalue weighted by atomic mass is 35.5. The Labute approximate surface area is 113 Å². The molecule has 1 unspecified atom stereocenters. The second-order valence-corrected chi connectivity index (χ2v) is 5.33. The molecule has 0 aliphatic carbocycles. The summed E-state index contributed by atoms with van der Waals surface area (Å²) in [5.41, 5.74) is 1.96. The summed E-state index contributed by atoms with van der Waals surface area (Å²) in [7, 11) is 0. The largest absolute Gasteiger partial charge is 0.396 e. The van der Waals surface area contributed by atoms with Gasteiger partial charge in [-0.3, -0.25) is 0 Å². The monoisotopic (exact) mass is 269 g/mol. The van der Waals surface area contributed by atoms with Crippen LogP contribution in [0.15, 0.2) is 18.2 Å². The van der Waals surface area contributed by atoms with Crippen LogP contribution >= 0.6 is 11.6 Å². The summed E-state index contributed by atoms with van der Waals surface area (Å²) in [6.07, 6.45) is 3.18. The van der Waals surface area contributed by atoms with Gasteiger partial charge in [0.25, 0.3) is 0 Å². The van der Waals surface area contributed by atoms with Crippen molar-refractivity contribution in [2.45, 2.75) is 25.9 Å². The molecule has 1 heterocycles. The van der Waals surface area contributed by atoms with Gasteiger partial charge in [-0.25, -0.2) is 0 Å². The van der Waals surface area contributed by atoms with Crippen molar-refractivity contribution in [2.24, 2.45) is 5.92 Å². The Balaban J connectivity index is 2.15. The number of piperidine rings is 1. The van der Waals surface area contributed by atoms with E-state index in [-0.39, 0.29) is 13.2 Å². The summed E-state index contributed by atoms with van der Waals surface area (Å²) in [5.74, 6) is 0.547. The first kappa shape index (κ1) is 13.7. The van der Waals surface area contributed by atoms with E-state index in [4.69, 9.17) is 16.7 Å². The topological polar surface area (TPSA) is 43.7 Å².